The number of carbonyl (C=O) groups is 5. The molecule has 0 radical (unpaired) electrons. The Hall–Kier alpha value is -3.63. The van der Waals surface area contributed by atoms with E-state index < -0.39 is 42.1 Å². The molecule has 1 saturated heterocycles. The summed E-state index contributed by atoms with van der Waals surface area (Å²) in [6, 6.07) is 6.53. The number of nitrogens with zero attached hydrogens (tertiary/aromatic N) is 2. The number of hydrogen-bond acceptors (Lipinski definition) is 8. The van der Waals surface area contributed by atoms with Crippen molar-refractivity contribution < 1.29 is 38.2 Å². The Morgan fingerprint density at radius 1 is 1.16 bits per heavy atom. The van der Waals surface area contributed by atoms with E-state index in [0.29, 0.717) is 5.01 Å². The first-order valence-corrected chi connectivity index (χ1v) is 9.73. The van der Waals surface area contributed by atoms with Crippen LogP contribution in [0, 0.1) is 0 Å². The largest absolute Gasteiger partial charge is 0.449 e. The highest BCUT2D eigenvalue weighted by atomic mass is 16.6. The zero-order valence-corrected chi connectivity index (χ0v) is 17.5. The topological polar surface area (TPSA) is 132 Å². The minimum atomic E-state index is -1.85. The van der Waals surface area contributed by atoms with Gasteiger partial charge in [0, 0.05) is 0 Å². The Balaban J connectivity index is 2.33. The zero-order valence-electron chi connectivity index (χ0n) is 17.5. The van der Waals surface area contributed by atoms with Crippen LogP contribution in [0.25, 0.3) is 0 Å². The van der Waals surface area contributed by atoms with Gasteiger partial charge in [0.05, 0.1) is 19.3 Å². The molecule has 1 N–H and O–H groups in total. The van der Waals surface area contributed by atoms with E-state index in [2.05, 4.69) is 0 Å². The predicted molar refractivity (Wildman–Crippen MR) is 106 cm³/mol. The van der Waals surface area contributed by atoms with Gasteiger partial charge in [-0.15, -0.1) is 0 Å². The number of cyclic esters (lactones) is 1. The number of amides is 4. The lowest BCUT2D eigenvalue weighted by Crippen LogP contribution is -2.61. The molecule has 2 rings (SSSR count). The summed E-state index contributed by atoms with van der Waals surface area (Å²) in [5, 5.41) is 0.428. The van der Waals surface area contributed by atoms with Gasteiger partial charge in [-0.05, 0) is 32.8 Å². The van der Waals surface area contributed by atoms with Gasteiger partial charge in [0.2, 0.25) is 0 Å². The first-order chi connectivity index (χ1) is 14.8. The van der Waals surface area contributed by atoms with Gasteiger partial charge < -0.3 is 14.2 Å². The summed E-state index contributed by atoms with van der Waals surface area (Å²) < 4.78 is 14.6. The number of hydrazine groups is 1. The van der Waals surface area contributed by atoms with Gasteiger partial charge in [0.25, 0.3) is 5.91 Å². The molecule has 1 aliphatic heterocycles. The molecule has 168 valence electrons. The number of rotatable bonds is 7. The van der Waals surface area contributed by atoms with Crippen molar-refractivity contribution >= 4 is 30.0 Å². The summed E-state index contributed by atoms with van der Waals surface area (Å²) in [4.78, 5) is 63.0. The summed E-state index contributed by atoms with van der Waals surface area (Å²) in [5.41, 5.74) is 2.89. The monoisotopic (exact) mass is 435 g/mol. The molecule has 0 saturated carbocycles. The molecule has 1 heterocycles. The Labute approximate surface area is 179 Å². The molecule has 0 aliphatic carbocycles. The zero-order chi connectivity index (χ0) is 23.0. The van der Waals surface area contributed by atoms with Gasteiger partial charge in [0.15, 0.2) is 11.8 Å². The van der Waals surface area contributed by atoms with Crippen LogP contribution in [0.2, 0.25) is 0 Å². The SMILES string of the molecule is CCOC(=O)NN(C(=O)OCC)[C@H](C(C)=O)C(=O)N1C(=O)OC[C@@H]1Cc1ccccc1. The van der Waals surface area contributed by atoms with Crippen LogP contribution in [-0.4, -0.2) is 71.8 Å². The third-order valence-corrected chi connectivity index (χ3v) is 4.34. The fourth-order valence-electron chi connectivity index (χ4n) is 3.04. The van der Waals surface area contributed by atoms with Crippen molar-refractivity contribution in [1.82, 2.24) is 15.3 Å². The van der Waals surface area contributed by atoms with Crippen LogP contribution in [0.3, 0.4) is 0 Å². The summed E-state index contributed by atoms with van der Waals surface area (Å²) in [6.45, 7) is 3.93. The lowest BCUT2D eigenvalue weighted by Gasteiger charge is -2.31. The number of imide groups is 1. The Bertz CT molecular complexity index is 829. The first kappa shape index (κ1) is 23.6. The standard InChI is InChI=1S/C20H25N3O8/c1-4-29-18(26)21-23(20(28)30-5-2)16(13(3)24)17(25)22-15(12-31-19(22)27)11-14-9-7-6-8-10-14/h6-10,15-16H,4-5,11-12H2,1-3H3,(H,21,26)/t15-,16+/m0/s1. The molecule has 1 aliphatic rings. The van der Waals surface area contributed by atoms with E-state index in [4.69, 9.17) is 14.2 Å². The van der Waals surface area contributed by atoms with Crippen molar-refractivity contribution in [3.63, 3.8) is 0 Å². The van der Waals surface area contributed by atoms with Crippen LogP contribution in [0.5, 0.6) is 0 Å². The molecule has 0 unspecified atom stereocenters. The third kappa shape index (κ3) is 5.93. The van der Waals surface area contributed by atoms with Crippen molar-refractivity contribution in [1.29, 1.82) is 0 Å². The normalized spacial score (nSPS) is 16.2. The van der Waals surface area contributed by atoms with Crippen LogP contribution in [0.4, 0.5) is 14.4 Å². The van der Waals surface area contributed by atoms with Gasteiger partial charge in [-0.2, -0.15) is 5.01 Å². The number of ether oxygens (including phenoxy) is 3. The Kier molecular flexibility index (Phi) is 8.35. The van der Waals surface area contributed by atoms with Gasteiger partial charge >= 0.3 is 18.3 Å². The number of hydrogen-bond donors (Lipinski definition) is 1. The second-order valence-corrected chi connectivity index (χ2v) is 6.54. The minimum absolute atomic E-state index is 0.0151. The molecule has 2 atom stereocenters. The van der Waals surface area contributed by atoms with Crippen LogP contribution in [-0.2, 0) is 30.2 Å². The lowest BCUT2D eigenvalue weighted by atomic mass is 10.0. The van der Waals surface area contributed by atoms with E-state index in [1.165, 1.54) is 13.8 Å². The average Bonchev–Trinajstić information content (AvgIpc) is 3.08. The molecule has 31 heavy (non-hydrogen) atoms. The van der Waals surface area contributed by atoms with Crippen molar-refractivity contribution in [2.24, 2.45) is 0 Å². The van der Waals surface area contributed by atoms with Crippen molar-refractivity contribution in [2.75, 3.05) is 19.8 Å². The van der Waals surface area contributed by atoms with Gasteiger partial charge in [0.1, 0.15) is 6.61 Å². The van der Waals surface area contributed by atoms with E-state index in [0.717, 1.165) is 17.4 Å². The molecule has 4 amide bonds. The number of carbonyl (C=O) groups excluding carboxylic acids is 5. The smallest absolute Gasteiger partial charge is 0.429 e. The molecule has 1 fully saturated rings. The maximum absolute atomic E-state index is 13.3. The highest BCUT2D eigenvalue weighted by Gasteiger charge is 2.46. The fraction of sp³-hybridized carbons (Fsp3) is 0.450. The second-order valence-electron chi connectivity index (χ2n) is 6.54. The van der Waals surface area contributed by atoms with E-state index in [1.54, 1.807) is 0 Å². The molecular formula is C20H25N3O8. The number of benzene rings is 1. The minimum Gasteiger partial charge on any atom is -0.449 e. The molecule has 11 nitrogen and oxygen atoms in total. The van der Waals surface area contributed by atoms with Gasteiger partial charge in [-0.1, -0.05) is 30.3 Å². The second kappa shape index (κ2) is 11.0. The average molecular weight is 435 g/mol. The van der Waals surface area contributed by atoms with Crippen LogP contribution in [0.1, 0.15) is 26.3 Å². The van der Waals surface area contributed by atoms with Gasteiger partial charge in [-0.3, -0.25) is 9.59 Å². The van der Waals surface area contributed by atoms with Gasteiger partial charge in [-0.25, -0.2) is 24.7 Å². The molecular weight excluding hydrogens is 410 g/mol. The van der Waals surface area contributed by atoms with Crippen LogP contribution in [0.15, 0.2) is 30.3 Å². The fourth-order valence-corrected chi connectivity index (χ4v) is 3.04. The lowest BCUT2D eigenvalue weighted by molar-refractivity contribution is -0.141. The van der Waals surface area contributed by atoms with Crippen LogP contribution >= 0.6 is 0 Å². The summed E-state index contributed by atoms with van der Waals surface area (Å²) in [6.07, 6.45) is -2.89. The predicted octanol–water partition coefficient (Wildman–Crippen LogP) is 1.65. The Morgan fingerprint density at radius 3 is 2.39 bits per heavy atom. The molecule has 0 spiro atoms. The van der Waals surface area contributed by atoms with E-state index >= 15 is 0 Å². The third-order valence-electron chi connectivity index (χ3n) is 4.34. The number of Topliss-reactive ketones (excluding diaryl/α,β-unsaturated/α-hetero) is 1. The molecule has 1 aromatic carbocycles. The maximum atomic E-state index is 13.3. The quantitative estimate of drug-likeness (QED) is 0.389. The van der Waals surface area contributed by atoms with E-state index in [9.17, 15) is 24.0 Å². The molecule has 11 heteroatoms. The summed E-state index contributed by atoms with van der Waals surface area (Å²) in [7, 11) is 0. The van der Waals surface area contributed by atoms with Crippen LogP contribution < -0.4 is 5.43 Å². The molecule has 0 aromatic heterocycles. The first-order valence-electron chi connectivity index (χ1n) is 9.73. The van der Waals surface area contributed by atoms with Crippen molar-refractivity contribution in [3.8, 4) is 0 Å². The molecule has 1 aromatic rings. The van der Waals surface area contributed by atoms with Crippen molar-refractivity contribution in [3.05, 3.63) is 35.9 Å². The van der Waals surface area contributed by atoms with E-state index in [1.807, 2.05) is 35.8 Å². The highest BCUT2D eigenvalue weighted by molar-refractivity contribution is 6.10. The van der Waals surface area contributed by atoms with E-state index in [-0.39, 0.29) is 26.2 Å². The number of nitrogens with one attached hydrogen (secondary N) is 1. The Morgan fingerprint density at radius 2 is 1.81 bits per heavy atom. The number of ketones is 1. The summed E-state index contributed by atoms with van der Waals surface area (Å²) in [5.74, 6) is -1.83. The maximum Gasteiger partial charge on any atom is 0.429 e. The highest BCUT2D eigenvalue weighted by Crippen LogP contribution is 2.20. The van der Waals surface area contributed by atoms with Crippen molar-refractivity contribution in [2.45, 2.75) is 39.3 Å². The molecule has 0 bridgehead atoms. The summed E-state index contributed by atoms with van der Waals surface area (Å²) >= 11 is 0.